The molecule has 88 valence electrons. The van der Waals surface area contributed by atoms with Gasteiger partial charge in [-0.15, -0.1) is 0 Å². The van der Waals surface area contributed by atoms with Crippen molar-refractivity contribution >= 4 is 35.7 Å². The average molecular weight is 326 g/mol. The van der Waals surface area contributed by atoms with Crippen molar-refractivity contribution in [1.82, 2.24) is 0 Å². The molecule has 0 aliphatic carbocycles. The van der Waals surface area contributed by atoms with Crippen LogP contribution >= 0.6 is 26.6 Å². The van der Waals surface area contributed by atoms with Crippen LogP contribution in [-0.4, -0.2) is 15.0 Å². The van der Waals surface area contributed by atoms with Crippen molar-refractivity contribution in [1.29, 1.82) is 0 Å². The van der Waals surface area contributed by atoms with Gasteiger partial charge in [0.25, 0.3) is 9.05 Å². The molecule has 1 rings (SSSR count). The Kier molecular flexibility index (Phi) is 4.41. The number of hydrogen-bond acceptors (Lipinski definition) is 3. The molecule has 0 heterocycles. The fourth-order valence-corrected chi connectivity index (χ4v) is 2.98. The van der Waals surface area contributed by atoms with Crippen LogP contribution in [0, 0.1) is 6.92 Å². The molecular weight excluding hydrogens is 316 g/mol. The van der Waals surface area contributed by atoms with Gasteiger partial charge in [0.1, 0.15) is 17.3 Å². The summed E-state index contributed by atoms with van der Waals surface area (Å²) in [7, 11) is 1.51. The maximum atomic E-state index is 11.4. The minimum absolute atomic E-state index is 0.0390. The smallest absolute Gasteiger partial charge is 0.265 e. The highest BCUT2D eigenvalue weighted by Gasteiger charge is 2.19. The molecule has 16 heavy (non-hydrogen) atoms. The first kappa shape index (κ1) is 13.5. The summed E-state index contributed by atoms with van der Waals surface area (Å²) in [6, 6.07) is 3.16. The predicted octanol–water partition coefficient (Wildman–Crippen LogP) is 3.25. The van der Waals surface area contributed by atoms with E-state index in [1.807, 2.05) is 0 Å². The van der Waals surface area contributed by atoms with Gasteiger partial charge in [0.2, 0.25) is 0 Å². The highest BCUT2D eigenvalue weighted by molar-refractivity contribution is 9.10. The van der Waals surface area contributed by atoms with E-state index in [1.54, 1.807) is 13.0 Å². The molecule has 0 aliphatic heterocycles. The third-order valence-corrected chi connectivity index (χ3v) is 3.60. The monoisotopic (exact) mass is 324 g/mol. The maximum Gasteiger partial charge on any atom is 0.265 e. The second kappa shape index (κ2) is 5.21. The third kappa shape index (κ3) is 3.23. The molecule has 0 spiro atoms. The number of aryl methyl sites for hydroxylation is 1. The lowest BCUT2D eigenvalue weighted by Crippen LogP contribution is -2.02. The molecule has 0 saturated heterocycles. The van der Waals surface area contributed by atoms with Crippen LogP contribution in [0.5, 0.6) is 5.75 Å². The Morgan fingerprint density at radius 3 is 2.69 bits per heavy atom. The molecule has 0 saturated carbocycles. The van der Waals surface area contributed by atoms with Crippen molar-refractivity contribution in [3.05, 3.63) is 34.8 Å². The van der Waals surface area contributed by atoms with E-state index in [0.717, 1.165) is 0 Å². The molecule has 0 fully saturated rings. The van der Waals surface area contributed by atoms with Gasteiger partial charge in [0.15, 0.2) is 0 Å². The average Bonchev–Trinajstić information content (AvgIpc) is 2.14. The van der Waals surface area contributed by atoms with E-state index in [1.165, 1.54) is 12.1 Å². The molecule has 0 unspecified atom stereocenters. The zero-order valence-corrected chi connectivity index (χ0v) is 11.7. The summed E-state index contributed by atoms with van der Waals surface area (Å²) in [5.74, 6) is 0.262. The van der Waals surface area contributed by atoms with Gasteiger partial charge >= 0.3 is 0 Å². The summed E-state index contributed by atoms with van der Waals surface area (Å²) in [5.41, 5.74) is 0.690. The van der Waals surface area contributed by atoms with Crippen molar-refractivity contribution in [2.75, 3.05) is 6.61 Å². The molecule has 6 heteroatoms. The molecule has 0 aromatic heterocycles. The van der Waals surface area contributed by atoms with Crippen LogP contribution in [-0.2, 0) is 9.05 Å². The molecule has 0 radical (unpaired) electrons. The normalized spacial score (nSPS) is 11.2. The van der Waals surface area contributed by atoms with Crippen LogP contribution in [0.15, 0.2) is 34.2 Å². The Bertz CT molecular complexity index is 511. The standard InChI is InChI=1S/C10H10BrClO3S/c1-3-4-15-10-7(2)5-8(11)6-9(10)16(12,13)14/h3,5-6H,1,4H2,2H3. The summed E-state index contributed by atoms with van der Waals surface area (Å²) in [4.78, 5) is -0.0390. The van der Waals surface area contributed by atoms with Crippen LogP contribution < -0.4 is 4.74 Å². The van der Waals surface area contributed by atoms with Gasteiger partial charge in [-0.1, -0.05) is 28.6 Å². The zero-order valence-electron chi connectivity index (χ0n) is 8.54. The molecule has 1 aromatic rings. The van der Waals surface area contributed by atoms with Gasteiger partial charge in [0.05, 0.1) is 0 Å². The van der Waals surface area contributed by atoms with E-state index < -0.39 is 9.05 Å². The topological polar surface area (TPSA) is 43.4 Å². The SMILES string of the molecule is C=CCOc1c(C)cc(Br)cc1S(=O)(=O)Cl. The van der Waals surface area contributed by atoms with E-state index in [9.17, 15) is 8.42 Å². The molecule has 0 N–H and O–H groups in total. The summed E-state index contributed by atoms with van der Waals surface area (Å²) in [6.45, 7) is 5.47. The minimum atomic E-state index is -3.83. The Morgan fingerprint density at radius 1 is 1.56 bits per heavy atom. The lowest BCUT2D eigenvalue weighted by Gasteiger charge is -2.11. The van der Waals surface area contributed by atoms with Crippen LogP contribution in [0.3, 0.4) is 0 Å². The Morgan fingerprint density at radius 2 is 2.19 bits per heavy atom. The first-order chi connectivity index (χ1) is 7.36. The number of rotatable bonds is 4. The van der Waals surface area contributed by atoms with Gasteiger partial charge in [-0.2, -0.15) is 0 Å². The first-order valence-corrected chi connectivity index (χ1v) is 7.45. The second-order valence-electron chi connectivity index (χ2n) is 3.09. The van der Waals surface area contributed by atoms with Gasteiger partial charge < -0.3 is 4.74 Å². The number of hydrogen-bond donors (Lipinski definition) is 0. The van der Waals surface area contributed by atoms with Crippen molar-refractivity contribution < 1.29 is 13.2 Å². The van der Waals surface area contributed by atoms with E-state index in [-0.39, 0.29) is 17.3 Å². The van der Waals surface area contributed by atoms with Crippen molar-refractivity contribution in [2.24, 2.45) is 0 Å². The van der Waals surface area contributed by atoms with Gasteiger partial charge in [-0.05, 0) is 24.6 Å². The highest BCUT2D eigenvalue weighted by atomic mass is 79.9. The number of benzene rings is 1. The molecular formula is C10H10BrClO3S. The summed E-state index contributed by atoms with van der Waals surface area (Å²) < 4.78 is 28.7. The van der Waals surface area contributed by atoms with Crippen LogP contribution in [0.2, 0.25) is 0 Å². The van der Waals surface area contributed by atoms with Gasteiger partial charge in [-0.3, -0.25) is 0 Å². The fraction of sp³-hybridized carbons (Fsp3) is 0.200. The van der Waals surface area contributed by atoms with Crippen LogP contribution in [0.4, 0.5) is 0 Å². The zero-order chi connectivity index (χ0) is 12.3. The van der Waals surface area contributed by atoms with Gasteiger partial charge in [0, 0.05) is 15.2 Å². The molecule has 0 aliphatic rings. The van der Waals surface area contributed by atoms with E-state index in [4.69, 9.17) is 15.4 Å². The lowest BCUT2D eigenvalue weighted by atomic mass is 10.2. The van der Waals surface area contributed by atoms with Gasteiger partial charge in [-0.25, -0.2) is 8.42 Å². The number of ether oxygens (including phenoxy) is 1. The van der Waals surface area contributed by atoms with Crippen molar-refractivity contribution in [2.45, 2.75) is 11.8 Å². The first-order valence-electron chi connectivity index (χ1n) is 4.34. The van der Waals surface area contributed by atoms with E-state index in [2.05, 4.69) is 22.5 Å². The number of halogens is 2. The molecule has 3 nitrogen and oxygen atoms in total. The van der Waals surface area contributed by atoms with E-state index in [0.29, 0.717) is 10.0 Å². The highest BCUT2D eigenvalue weighted by Crippen LogP contribution is 2.33. The summed E-state index contributed by atoms with van der Waals surface area (Å²) >= 11 is 3.21. The Labute approximate surface area is 108 Å². The fourth-order valence-electron chi connectivity index (χ4n) is 1.21. The van der Waals surface area contributed by atoms with Crippen LogP contribution in [0.25, 0.3) is 0 Å². The summed E-state index contributed by atoms with van der Waals surface area (Å²) in [5, 5.41) is 0. The maximum absolute atomic E-state index is 11.4. The third-order valence-electron chi connectivity index (χ3n) is 1.81. The minimum Gasteiger partial charge on any atom is -0.488 e. The van der Waals surface area contributed by atoms with Crippen LogP contribution in [0.1, 0.15) is 5.56 Å². The van der Waals surface area contributed by atoms with Crippen molar-refractivity contribution in [3.63, 3.8) is 0 Å². The quantitative estimate of drug-likeness (QED) is 0.630. The predicted molar refractivity (Wildman–Crippen MR) is 67.6 cm³/mol. The Balaban J connectivity index is 3.38. The van der Waals surface area contributed by atoms with Crippen molar-refractivity contribution in [3.8, 4) is 5.75 Å². The molecule has 0 bridgehead atoms. The molecule has 1 aromatic carbocycles. The van der Waals surface area contributed by atoms with E-state index >= 15 is 0 Å². The Hall–Kier alpha value is -0.520. The second-order valence-corrected chi connectivity index (χ2v) is 6.54. The lowest BCUT2D eigenvalue weighted by molar-refractivity contribution is 0.351. The summed E-state index contributed by atoms with van der Waals surface area (Å²) in [6.07, 6.45) is 1.53. The molecule has 0 atom stereocenters. The largest absolute Gasteiger partial charge is 0.488 e. The molecule has 0 amide bonds.